The highest BCUT2D eigenvalue weighted by molar-refractivity contribution is 6.30. The van der Waals surface area contributed by atoms with Crippen LogP contribution in [0.1, 0.15) is 42.7 Å². The maximum absolute atomic E-state index is 15.4. The van der Waals surface area contributed by atoms with Gasteiger partial charge >= 0.3 is 5.97 Å². The molecular weight excluding hydrogens is 689 g/mol. The maximum Gasteiger partial charge on any atom is 0.303 e. The summed E-state index contributed by atoms with van der Waals surface area (Å²) in [5.74, 6) is -7.96. The minimum Gasteiger partial charge on any atom is -0.508 e. The Morgan fingerprint density at radius 3 is 2.37 bits per heavy atom. The number of nitrogens with one attached hydrogen (secondary N) is 1. The topological polar surface area (TPSA) is 144 Å². The zero-order chi connectivity index (χ0) is 36.5. The van der Waals surface area contributed by atoms with Gasteiger partial charge in [0.25, 0.3) is 11.8 Å². The average molecular weight is 722 g/mol. The molecule has 264 valence electrons. The Bertz CT molecular complexity index is 2210. The highest BCUT2D eigenvalue weighted by atomic mass is 35.5. The largest absolute Gasteiger partial charge is 0.508 e. The molecule has 52 heavy (non-hydrogen) atoms. The van der Waals surface area contributed by atoms with E-state index in [0.717, 1.165) is 15.3 Å². The molecule has 2 saturated heterocycles. The number of aliphatic carboxylic acids is 1. The van der Waals surface area contributed by atoms with Gasteiger partial charge in [-0.15, -0.1) is 0 Å². The number of fused-ring (bicyclic) bond motifs is 5. The molecule has 4 aromatic carbocycles. The second kappa shape index (κ2) is 12.6. The Morgan fingerprint density at radius 1 is 0.904 bits per heavy atom. The summed E-state index contributed by atoms with van der Waals surface area (Å²) in [6.07, 6.45) is 2.00. The lowest BCUT2D eigenvalue weighted by atomic mass is 9.48. The van der Waals surface area contributed by atoms with Crippen molar-refractivity contribution >= 4 is 57.7 Å². The number of rotatable bonds is 8. The molecule has 1 saturated carbocycles. The van der Waals surface area contributed by atoms with E-state index in [0.29, 0.717) is 32.8 Å². The number of nitrogens with zero attached hydrogens (tertiary/aromatic N) is 2. The first-order valence-electron chi connectivity index (χ1n) is 17.2. The third-order valence-electron chi connectivity index (χ3n) is 11.4. The molecule has 0 aromatic heterocycles. The predicted molar refractivity (Wildman–Crippen MR) is 188 cm³/mol. The monoisotopic (exact) mass is 721 g/mol. The number of carbonyl (C=O) groups excluding carboxylic acids is 4. The number of likely N-dealkylation sites (tertiary alicyclic amines) is 1. The van der Waals surface area contributed by atoms with Gasteiger partial charge in [0.15, 0.2) is 0 Å². The van der Waals surface area contributed by atoms with E-state index < -0.39 is 64.5 Å². The Morgan fingerprint density at radius 2 is 1.63 bits per heavy atom. The summed E-state index contributed by atoms with van der Waals surface area (Å²) in [7, 11) is 0. The Kier molecular flexibility index (Phi) is 8.13. The molecule has 0 unspecified atom stereocenters. The molecule has 3 fully saturated rings. The molecule has 0 bridgehead atoms. The normalized spacial score (nSPS) is 26.7. The summed E-state index contributed by atoms with van der Waals surface area (Å²) in [5.41, 5.74) is 3.11. The summed E-state index contributed by atoms with van der Waals surface area (Å²) in [4.78, 5) is 70.5. The van der Waals surface area contributed by atoms with E-state index in [9.17, 15) is 33.8 Å². The summed E-state index contributed by atoms with van der Waals surface area (Å²) >= 11 is 6.37. The van der Waals surface area contributed by atoms with Gasteiger partial charge < -0.3 is 10.2 Å². The number of allylic oxidation sites excluding steroid dienone is 2. The Labute approximate surface area is 302 Å². The second-order valence-corrected chi connectivity index (χ2v) is 14.4. The molecular formula is C40H33ClFN3O7. The average Bonchev–Trinajstić information content (AvgIpc) is 3.50. The minimum absolute atomic E-state index is 0.0335. The van der Waals surface area contributed by atoms with Crippen LogP contribution in [0, 0.1) is 29.5 Å². The summed E-state index contributed by atoms with van der Waals surface area (Å²) in [5, 5.41) is 23.8. The number of imide groups is 2. The van der Waals surface area contributed by atoms with Gasteiger partial charge in [0.05, 0.1) is 28.9 Å². The van der Waals surface area contributed by atoms with Crippen LogP contribution in [0.15, 0.2) is 96.6 Å². The fraction of sp³-hybridized carbons (Fsp3) is 0.275. The number of amides is 4. The van der Waals surface area contributed by atoms with Crippen molar-refractivity contribution < 1.29 is 38.6 Å². The maximum atomic E-state index is 15.4. The zero-order valence-corrected chi connectivity index (χ0v) is 28.4. The lowest BCUT2D eigenvalue weighted by molar-refractivity contribution is -0.142. The number of carboxylic acid groups (broad SMARTS) is 1. The van der Waals surface area contributed by atoms with E-state index in [4.69, 9.17) is 11.6 Å². The number of aromatic hydroxyl groups is 1. The molecule has 10 nitrogen and oxygen atoms in total. The first-order chi connectivity index (χ1) is 25.0. The molecule has 2 aliphatic carbocycles. The standard InChI is InChI=1S/C40H33ClFN3O7/c41-23-10-8-22(9-11-23)40-30(37(50)45(39(40)52)43-25-14-12-24(42)13-15-25)20-29-27(35(40)34-26-5-2-1-4-21(26)7-18-31(34)46)16-17-28-33(29)38(51)44(36(28)49)19-3-6-32(47)48/h1-2,4-5,7-16,18,28-30,33,35,43,46H,3,6,17,19-20H2,(H,47,48)/t28-,29+,30-,33-,35+,40+/m0/s1. The third kappa shape index (κ3) is 5.01. The van der Waals surface area contributed by atoms with Gasteiger partial charge in [-0.1, -0.05) is 65.7 Å². The van der Waals surface area contributed by atoms with Crippen molar-refractivity contribution in [2.45, 2.75) is 37.0 Å². The van der Waals surface area contributed by atoms with Crippen molar-refractivity contribution in [3.05, 3.63) is 119 Å². The number of hydrazine groups is 1. The molecule has 8 rings (SSSR count). The summed E-state index contributed by atoms with van der Waals surface area (Å²) in [6.45, 7) is -0.0442. The summed E-state index contributed by atoms with van der Waals surface area (Å²) < 4.78 is 13.9. The van der Waals surface area contributed by atoms with Crippen molar-refractivity contribution in [3.63, 3.8) is 0 Å². The molecule has 2 aliphatic heterocycles. The lowest BCUT2D eigenvalue weighted by Crippen LogP contribution is -2.53. The SMILES string of the molecule is O=C(O)CCCN1C(=O)[C@H]2[C@H](CC=C3[C@H]2C[C@H]2C(=O)N(Nc4ccc(F)cc4)C(=O)[C@@]2(c2ccc(Cl)cc2)[C@H]3c2c(O)ccc3ccccc23)C1=O. The van der Waals surface area contributed by atoms with Crippen LogP contribution in [0.25, 0.3) is 10.8 Å². The number of carboxylic acids is 1. The molecule has 4 aliphatic rings. The molecule has 2 heterocycles. The molecule has 0 radical (unpaired) electrons. The number of phenolic OH excluding ortho intramolecular Hbond substituents is 1. The number of hydrogen-bond acceptors (Lipinski definition) is 7. The first-order valence-corrected chi connectivity index (χ1v) is 17.5. The van der Waals surface area contributed by atoms with Crippen LogP contribution >= 0.6 is 11.6 Å². The summed E-state index contributed by atoms with van der Waals surface area (Å²) in [6, 6.07) is 22.7. The van der Waals surface area contributed by atoms with E-state index >= 15 is 4.79 Å². The Balaban J connectivity index is 1.35. The molecule has 3 N–H and O–H groups in total. The third-order valence-corrected chi connectivity index (χ3v) is 11.6. The number of carbonyl (C=O) groups is 5. The van der Waals surface area contributed by atoms with Gasteiger partial charge in [0.2, 0.25) is 11.8 Å². The number of anilines is 1. The smallest absolute Gasteiger partial charge is 0.303 e. The molecule has 4 amide bonds. The van der Waals surface area contributed by atoms with Crippen LogP contribution in [-0.2, 0) is 29.4 Å². The highest BCUT2D eigenvalue weighted by Crippen LogP contribution is 2.65. The van der Waals surface area contributed by atoms with Crippen molar-refractivity contribution in [2.75, 3.05) is 12.0 Å². The molecule has 12 heteroatoms. The van der Waals surface area contributed by atoms with Crippen LogP contribution < -0.4 is 5.43 Å². The van der Waals surface area contributed by atoms with Gasteiger partial charge in [-0.2, -0.15) is 5.01 Å². The van der Waals surface area contributed by atoms with Crippen LogP contribution in [0.2, 0.25) is 5.02 Å². The first kappa shape index (κ1) is 33.6. The van der Waals surface area contributed by atoms with E-state index in [1.54, 1.807) is 36.4 Å². The minimum atomic E-state index is -1.65. The molecule has 6 atom stereocenters. The van der Waals surface area contributed by atoms with Crippen LogP contribution in [0.5, 0.6) is 5.75 Å². The van der Waals surface area contributed by atoms with Crippen molar-refractivity contribution in [1.29, 1.82) is 0 Å². The number of benzene rings is 4. The molecule has 0 spiro atoms. The second-order valence-electron chi connectivity index (χ2n) is 13.9. The zero-order valence-electron chi connectivity index (χ0n) is 27.7. The van der Waals surface area contributed by atoms with Gasteiger partial charge in [0.1, 0.15) is 11.6 Å². The Hall–Kier alpha value is -5.55. The van der Waals surface area contributed by atoms with Crippen LogP contribution in [0.3, 0.4) is 0 Å². The van der Waals surface area contributed by atoms with Gasteiger partial charge in [-0.3, -0.25) is 34.3 Å². The van der Waals surface area contributed by atoms with E-state index in [-0.39, 0.29) is 43.9 Å². The fourth-order valence-corrected chi connectivity index (χ4v) is 9.36. The van der Waals surface area contributed by atoms with E-state index in [1.165, 1.54) is 24.3 Å². The molecule has 4 aromatic rings. The predicted octanol–water partition coefficient (Wildman–Crippen LogP) is 6.19. The number of phenols is 1. The fourth-order valence-electron chi connectivity index (χ4n) is 9.23. The van der Waals surface area contributed by atoms with E-state index in [1.807, 2.05) is 30.3 Å². The van der Waals surface area contributed by atoms with Crippen molar-refractivity contribution in [2.24, 2.45) is 23.7 Å². The highest BCUT2D eigenvalue weighted by Gasteiger charge is 2.70. The van der Waals surface area contributed by atoms with Crippen LogP contribution in [-0.4, -0.2) is 56.3 Å². The lowest BCUT2D eigenvalue weighted by Gasteiger charge is -2.51. The van der Waals surface area contributed by atoms with Crippen molar-refractivity contribution in [1.82, 2.24) is 9.91 Å². The van der Waals surface area contributed by atoms with Gasteiger partial charge in [-0.05, 0) is 84.0 Å². The number of halogens is 2. The number of hydrogen-bond donors (Lipinski definition) is 3. The van der Waals surface area contributed by atoms with Crippen molar-refractivity contribution in [3.8, 4) is 5.75 Å². The van der Waals surface area contributed by atoms with Gasteiger partial charge in [0, 0.05) is 29.5 Å². The quantitative estimate of drug-likeness (QED) is 0.144. The van der Waals surface area contributed by atoms with Crippen LogP contribution in [0.4, 0.5) is 10.1 Å². The van der Waals surface area contributed by atoms with Gasteiger partial charge in [-0.25, -0.2) is 4.39 Å². The van der Waals surface area contributed by atoms with E-state index in [2.05, 4.69) is 5.43 Å².